The van der Waals surface area contributed by atoms with E-state index in [1.54, 1.807) is 7.11 Å². The molecule has 0 radical (unpaired) electrons. The van der Waals surface area contributed by atoms with Crippen LogP contribution in [0.4, 0.5) is 0 Å². The average molecular weight is 290 g/mol. The van der Waals surface area contributed by atoms with E-state index in [2.05, 4.69) is 23.5 Å². The summed E-state index contributed by atoms with van der Waals surface area (Å²) in [7, 11) is 3.54. The molecule has 4 heteroatoms. The maximum Gasteiger partial charge on any atom is 0.119 e. The number of unbranched alkanes of at least 4 members (excludes halogenated alkanes) is 1. The topological polar surface area (TPSA) is 54.3 Å². The van der Waals surface area contributed by atoms with Crippen LogP contribution >= 0.6 is 0 Å². The van der Waals surface area contributed by atoms with E-state index >= 15 is 0 Å². The number of nitriles is 1. The lowest BCUT2D eigenvalue weighted by atomic mass is 9.97. The van der Waals surface area contributed by atoms with E-state index in [0.717, 1.165) is 38.0 Å². The first-order valence-corrected chi connectivity index (χ1v) is 7.44. The van der Waals surface area contributed by atoms with Crippen molar-refractivity contribution in [2.75, 3.05) is 27.4 Å². The Bertz CT molecular complexity index is 439. The van der Waals surface area contributed by atoms with Gasteiger partial charge in [-0.1, -0.05) is 12.1 Å². The number of hydrogen-bond donors (Lipinski definition) is 1. The molecule has 0 fully saturated rings. The van der Waals surface area contributed by atoms with Crippen molar-refractivity contribution in [2.24, 2.45) is 0 Å². The summed E-state index contributed by atoms with van der Waals surface area (Å²) in [6.45, 7) is 3.35. The molecule has 116 valence electrons. The molecule has 4 nitrogen and oxygen atoms in total. The Morgan fingerprint density at radius 2 is 1.90 bits per heavy atom. The minimum absolute atomic E-state index is 0.428. The maximum atomic E-state index is 9.05. The van der Waals surface area contributed by atoms with Gasteiger partial charge in [-0.3, -0.25) is 0 Å². The largest absolute Gasteiger partial charge is 0.494 e. The maximum absolute atomic E-state index is 9.05. The predicted octanol–water partition coefficient (Wildman–Crippen LogP) is 2.93. The van der Waals surface area contributed by atoms with Gasteiger partial charge in [0.05, 0.1) is 19.3 Å². The third kappa shape index (κ3) is 6.61. The summed E-state index contributed by atoms with van der Waals surface area (Å²) < 4.78 is 10.8. The fourth-order valence-corrected chi connectivity index (χ4v) is 1.98. The van der Waals surface area contributed by atoms with Gasteiger partial charge in [-0.2, -0.15) is 5.26 Å². The van der Waals surface area contributed by atoms with Crippen LogP contribution in [0.5, 0.6) is 5.75 Å². The van der Waals surface area contributed by atoms with Crippen molar-refractivity contribution in [1.29, 1.82) is 5.26 Å². The monoisotopic (exact) mass is 290 g/mol. The Balaban J connectivity index is 2.22. The van der Waals surface area contributed by atoms with E-state index in [1.165, 1.54) is 5.56 Å². The molecule has 0 aliphatic heterocycles. The summed E-state index contributed by atoms with van der Waals surface area (Å²) in [5.41, 5.74) is 0.825. The van der Waals surface area contributed by atoms with Crippen molar-refractivity contribution in [1.82, 2.24) is 5.32 Å². The van der Waals surface area contributed by atoms with Gasteiger partial charge < -0.3 is 14.8 Å². The fourth-order valence-electron chi connectivity index (χ4n) is 1.98. The fraction of sp³-hybridized carbons (Fsp3) is 0.588. The Morgan fingerprint density at radius 3 is 2.48 bits per heavy atom. The van der Waals surface area contributed by atoms with E-state index < -0.39 is 5.54 Å². The van der Waals surface area contributed by atoms with Gasteiger partial charge in [-0.25, -0.2) is 0 Å². The number of benzene rings is 1. The molecule has 1 atom stereocenters. The molecule has 0 spiro atoms. The summed E-state index contributed by atoms with van der Waals surface area (Å²) in [6, 6.07) is 10.4. The minimum Gasteiger partial charge on any atom is -0.494 e. The summed E-state index contributed by atoms with van der Waals surface area (Å²) in [6.07, 6.45) is 3.67. The second-order valence-electron chi connectivity index (χ2n) is 5.39. The van der Waals surface area contributed by atoms with Crippen LogP contribution in [-0.2, 0) is 11.2 Å². The minimum atomic E-state index is -0.428. The van der Waals surface area contributed by atoms with Crippen molar-refractivity contribution >= 4 is 0 Å². The Labute approximate surface area is 128 Å². The summed E-state index contributed by atoms with van der Waals surface area (Å²) >= 11 is 0. The quantitative estimate of drug-likeness (QED) is 0.673. The van der Waals surface area contributed by atoms with Gasteiger partial charge in [0.25, 0.3) is 0 Å². The molecule has 0 amide bonds. The highest BCUT2D eigenvalue weighted by Gasteiger charge is 2.19. The van der Waals surface area contributed by atoms with Crippen molar-refractivity contribution in [3.63, 3.8) is 0 Å². The molecule has 0 saturated carbocycles. The lowest BCUT2D eigenvalue weighted by molar-refractivity contribution is 0.202. The zero-order valence-electron chi connectivity index (χ0n) is 13.3. The van der Waals surface area contributed by atoms with Crippen molar-refractivity contribution in [3.8, 4) is 11.8 Å². The van der Waals surface area contributed by atoms with Crippen LogP contribution in [0, 0.1) is 11.3 Å². The lowest BCUT2D eigenvalue weighted by Gasteiger charge is -2.20. The molecule has 21 heavy (non-hydrogen) atoms. The van der Waals surface area contributed by atoms with Crippen LogP contribution < -0.4 is 10.1 Å². The number of rotatable bonds is 10. The zero-order chi connectivity index (χ0) is 15.6. The van der Waals surface area contributed by atoms with Gasteiger partial charge in [0.2, 0.25) is 0 Å². The molecule has 1 aromatic rings. The van der Waals surface area contributed by atoms with Crippen LogP contribution in [0.25, 0.3) is 0 Å². The number of methoxy groups -OCH3 is 1. The van der Waals surface area contributed by atoms with Gasteiger partial charge in [0, 0.05) is 7.11 Å². The second-order valence-corrected chi connectivity index (χ2v) is 5.39. The van der Waals surface area contributed by atoms with Crippen molar-refractivity contribution < 1.29 is 9.47 Å². The SMILES string of the molecule is CNC(C)(C#N)CCCCOc1ccc(CCOC)cc1. The number of hydrogen-bond acceptors (Lipinski definition) is 4. The normalized spacial score (nSPS) is 13.4. The van der Waals surface area contributed by atoms with E-state index in [9.17, 15) is 0 Å². The first kappa shape index (κ1) is 17.5. The van der Waals surface area contributed by atoms with Crippen LogP contribution in [0.1, 0.15) is 31.7 Å². The summed E-state index contributed by atoms with van der Waals surface area (Å²) in [4.78, 5) is 0. The molecule has 0 bridgehead atoms. The zero-order valence-corrected chi connectivity index (χ0v) is 13.3. The highest BCUT2D eigenvalue weighted by Crippen LogP contribution is 2.15. The standard InChI is InChI=1S/C17H26N2O2/c1-17(14-18,19-2)11-4-5-12-21-16-8-6-15(7-9-16)10-13-20-3/h6-9,19H,4-5,10-13H2,1-3H3. The highest BCUT2D eigenvalue weighted by molar-refractivity contribution is 5.27. The smallest absolute Gasteiger partial charge is 0.119 e. The molecule has 1 rings (SSSR count). The average Bonchev–Trinajstić information content (AvgIpc) is 2.53. The molecular weight excluding hydrogens is 264 g/mol. The van der Waals surface area contributed by atoms with E-state index in [0.29, 0.717) is 6.61 Å². The van der Waals surface area contributed by atoms with Crippen LogP contribution in [0.15, 0.2) is 24.3 Å². The molecular formula is C17H26N2O2. The highest BCUT2D eigenvalue weighted by atomic mass is 16.5. The molecule has 1 unspecified atom stereocenters. The molecule has 0 heterocycles. The lowest BCUT2D eigenvalue weighted by Crippen LogP contribution is -2.37. The number of nitrogens with zero attached hydrogens (tertiary/aromatic N) is 1. The third-order valence-electron chi connectivity index (χ3n) is 3.66. The van der Waals surface area contributed by atoms with Gasteiger partial charge in [-0.05, 0) is 57.4 Å². The molecule has 0 aliphatic rings. The molecule has 0 saturated heterocycles. The van der Waals surface area contributed by atoms with Gasteiger partial charge in [-0.15, -0.1) is 0 Å². The van der Waals surface area contributed by atoms with E-state index in [1.807, 2.05) is 26.1 Å². The molecule has 0 aliphatic carbocycles. The van der Waals surface area contributed by atoms with Gasteiger partial charge in [0.1, 0.15) is 11.3 Å². The first-order valence-electron chi connectivity index (χ1n) is 7.44. The Kier molecular flexibility index (Phi) is 7.81. The molecule has 1 aromatic carbocycles. The van der Waals surface area contributed by atoms with Crippen LogP contribution in [0.2, 0.25) is 0 Å². The summed E-state index contributed by atoms with van der Waals surface area (Å²) in [5, 5.41) is 12.1. The summed E-state index contributed by atoms with van der Waals surface area (Å²) in [5.74, 6) is 0.896. The number of nitrogens with one attached hydrogen (secondary N) is 1. The Hall–Kier alpha value is -1.57. The van der Waals surface area contributed by atoms with Crippen molar-refractivity contribution in [3.05, 3.63) is 29.8 Å². The van der Waals surface area contributed by atoms with Crippen LogP contribution in [0.3, 0.4) is 0 Å². The molecule has 0 aromatic heterocycles. The predicted molar refractivity (Wildman–Crippen MR) is 84.4 cm³/mol. The van der Waals surface area contributed by atoms with E-state index in [4.69, 9.17) is 14.7 Å². The van der Waals surface area contributed by atoms with Crippen LogP contribution in [-0.4, -0.2) is 32.9 Å². The first-order chi connectivity index (χ1) is 10.1. The molecule has 1 N–H and O–H groups in total. The van der Waals surface area contributed by atoms with Gasteiger partial charge in [0.15, 0.2) is 0 Å². The van der Waals surface area contributed by atoms with E-state index in [-0.39, 0.29) is 0 Å². The van der Waals surface area contributed by atoms with Crippen molar-refractivity contribution in [2.45, 2.75) is 38.1 Å². The second kappa shape index (κ2) is 9.38. The Morgan fingerprint density at radius 1 is 1.19 bits per heavy atom. The third-order valence-corrected chi connectivity index (χ3v) is 3.66. The van der Waals surface area contributed by atoms with Gasteiger partial charge >= 0.3 is 0 Å². The number of ether oxygens (including phenoxy) is 2.